The first-order valence-corrected chi connectivity index (χ1v) is 8.03. The molecule has 6 nitrogen and oxygen atoms in total. The van der Waals surface area contributed by atoms with Crippen molar-refractivity contribution < 1.29 is 9.13 Å². The lowest BCUT2D eigenvalue weighted by molar-refractivity contribution is 0.253. The van der Waals surface area contributed by atoms with Gasteiger partial charge in [0, 0.05) is 10.9 Å². The Morgan fingerprint density at radius 1 is 1.33 bits per heavy atom. The molecule has 2 heterocycles. The van der Waals surface area contributed by atoms with Crippen LogP contribution in [0.15, 0.2) is 29.1 Å². The second-order valence-electron chi connectivity index (χ2n) is 5.66. The third-order valence-corrected chi connectivity index (χ3v) is 4.17. The normalized spacial score (nSPS) is 14.2. The van der Waals surface area contributed by atoms with Crippen LogP contribution in [0.4, 0.5) is 4.39 Å². The molecule has 1 aromatic carbocycles. The molecule has 24 heavy (non-hydrogen) atoms. The summed E-state index contributed by atoms with van der Waals surface area (Å²) in [6.07, 6.45) is 2.07. The summed E-state index contributed by atoms with van der Waals surface area (Å²) in [5.41, 5.74) is 2.46. The van der Waals surface area contributed by atoms with Crippen molar-refractivity contribution in [2.24, 2.45) is 0 Å². The van der Waals surface area contributed by atoms with Gasteiger partial charge in [-0.1, -0.05) is 23.7 Å². The lowest BCUT2D eigenvalue weighted by Gasteiger charge is -2.04. The summed E-state index contributed by atoms with van der Waals surface area (Å²) in [6, 6.07) is 7.30. The zero-order valence-electron chi connectivity index (χ0n) is 12.6. The van der Waals surface area contributed by atoms with Gasteiger partial charge in [-0.05, 0) is 30.5 Å². The number of aromatic nitrogens is 4. The predicted octanol–water partition coefficient (Wildman–Crippen LogP) is 2.96. The molecule has 1 fully saturated rings. The molecule has 8 heteroatoms. The van der Waals surface area contributed by atoms with Gasteiger partial charge in [-0.2, -0.15) is 14.6 Å². The van der Waals surface area contributed by atoms with Crippen LogP contribution in [0.3, 0.4) is 0 Å². The van der Waals surface area contributed by atoms with Gasteiger partial charge in [-0.15, -0.1) is 0 Å². The Hall–Kier alpha value is -2.41. The molecule has 1 aliphatic carbocycles. The van der Waals surface area contributed by atoms with Gasteiger partial charge in [-0.3, -0.25) is 4.98 Å². The summed E-state index contributed by atoms with van der Waals surface area (Å²) >= 11 is 5.97. The van der Waals surface area contributed by atoms with Crippen molar-refractivity contribution in [2.45, 2.75) is 18.8 Å². The van der Waals surface area contributed by atoms with E-state index in [4.69, 9.17) is 16.3 Å². The Kier molecular flexibility index (Phi) is 3.72. The minimum absolute atomic E-state index is 0.0115. The van der Waals surface area contributed by atoms with E-state index in [9.17, 15) is 9.18 Å². The predicted molar refractivity (Wildman–Crippen MR) is 87.5 cm³/mol. The number of H-pyrrole nitrogens is 1. The van der Waals surface area contributed by atoms with Gasteiger partial charge in [0.15, 0.2) is 5.65 Å². The number of rotatable bonds is 5. The fourth-order valence-electron chi connectivity index (χ4n) is 2.68. The highest BCUT2D eigenvalue weighted by Crippen LogP contribution is 2.44. The van der Waals surface area contributed by atoms with Gasteiger partial charge in [0.25, 0.3) is 6.01 Å². The monoisotopic (exact) mass is 348 g/mol. The molecule has 0 bridgehead atoms. The molecule has 0 amide bonds. The molecular formula is C16H14ClFN4O2. The van der Waals surface area contributed by atoms with E-state index in [1.165, 1.54) is 4.52 Å². The van der Waals surface area contributed by atoms with E-state index in [0.717, 1.165) is 29.7 Å². The third-order valence-electron chi connectivity index (χ3n) is 3.91. The van der Waals surface area contributed by atoms with Gasteiger partial charge < -0.3 is 4.74 Å². The van der Waals surface area contributed by atoms with Crippen molar-refractivity contribution in [3.05, 3.63) is 45.5 Å². The highest BCUT2D eigenvalue weighted by atomic mass is 35.5. The van der Waals surface area contributed by atoms with Crippen molar-refractivity contribution in [1.29, 1.82) is 0 Å². The molecule has 4 rings (SSSR count). The fourth-order valence-corrected chi connectivity index (χ4v) is 2.80. The maximum atomic E-state index is 12.3. The van der Waals surface area contributed by atoms with Crippen LogP contribution in [0.25, 0.3) is 16.8 Å². The Morgan fingerprint density at radius 2 is 2.08 bits per heavy atom. The fraction of sp³-hybridized carbons (Fsp3) is 0.312. The molecule has 0 radical (unpaired) electrons. The van der Waals surface area contributed by atoms with E-state index in [0.29, 0.717) is 16.6 Å². The summed E-state index contributed by atoms with van der Waals surface area (Å²) in [6.45, 7) is -0.829. The van der Waals surface area contributed by atoms with E-state index in [2.05, 4.69) is 15.1 Å². The van der Waals surface area contributed by atoms with Gasteiger partial charge in [0.1, 0.15) is 13.3 Å². The smallest absolute Gasteiger partial charge is 0.352 e. The first-order chi connectivity index (χ1) is 11.7. The van der Waals surface area contributed by atoms with Crippen LogP contribution in [-0.4, -0.2) is 32.9 Å². The van der Waals surface area contributed by atoms with Crippen molar-refractivity contribution in [3.8, 4) is 17.1 Å². The number of nitrogens with zero attached hydrogens (tertiary/aromatic N) is 3. The molecule has 0 aliphatic heterocycles. The van der Waals surface area contributed by atoms with Crippen molar-refractivity contribution in [3.63, 3.8) is 0 Å². The summed E-state index contributed by atoms with van der Waals surface area (Å²) in [5.74, 6) is 0.326. The largest absolute Gasteiger partial charge is 0.462 e. The van der Waals surface area contributed by atoms with Crippen LogP contribution in [-0.2, 0) is 0 Å². The topological polar surface area (TPSA) is 72.3 Å². The van der Waals surface area contributed by atoms with Crippen LogP contribution in [0.1, 0.15) is 24.5 Å². The quantitative estimate of drug-likeness (QED) is 0.769. The molecule has 1 saturated carbocycles. The molecule has 0 saturated heterocycles. The summed E-state index contributed by atoms with van der Waals surface area (Å²) in [5, 5.41) is 5.07. The number of alkyl halides is 1. The maximum absolute atomic E-state index is 12.3. The Labute approximate surface area is 141 Å². The van der Waals surface area contributed by atoms with Crippen LogP contribution in [0.5, 0.6) is 6.01 Å². The highest BCUT2D eigenvalue weighted by Gasteiger charge is 2.32. The number of ether oxygens (including phenoxy) is 1. The number of aromatic amines is 1. The van der Waals surface area contributed by atoms with Crippen molar-refractivity contribution >= 4 is 17.2 Å². The SMILES string of the molecule is O=c1[nH]c(OCCF)nc2c(-c3ccc(Cl)cc3)c(C3CC3)nn12. The number of fused-ring (bicyclic) bond motifs is 1. The number of halogens is 2. The van der Waals surface area contributed by atoms with E-state index < -0.39 is 12.4 Å². The van der Waals surface area contributed by atoms with Crippen LogP contribution in [0, 0.1) is 0 Å². The lowest BCUT2D eigenvalue weighted by Crippen LogP contribution is -2.20. The van der Waals surface area contributed by atoms with Gasteiger partial charge in [0.2, 0.25) is 0 Å². The minimum Gasteiger partial charge on any atom is -0.462 e. The summed E-state index contributed by atoms with van der Waals surface area (Å²) in [4.78, 5) is 19.1. The van der Waals surface area contributed by atoms with Crippen LogP contribution in [0.2, 0.25) is 5.02 Å². The molecule has 1 N–H and O–H groups in total. The number of nitrogens with one attached hydrogen (secondary N) is 1. The second-order valence-corrected chi connectivity index (χ2v) is 6.10. The third kappa shape index (κ3) is 2.65. The molecule has 1 aliphatic rings. The van der Waals surface area contributed by atoms with E-state index >= 15 is 0 Å². The second kappa shape index (κ2) is 5.90. The summed E-state index contributed by atoms with van der Waals surface area (Å²) in [7, 11) is 0. The van der Waals surface area contributed by atoms with E-state index in [1.807, 2.05) is 12.1 Å². The molecule has 3 aromatic rings. The minimum atomic E-state index is -0.661. The Balaban J connectivity index is 1.94. The zero-order valence-corrected chi connectivity index (χ0v) is 13.4. The van der Waals surface area contributed by atoms with Crippen LogP contribution >= 0.6 is 11.6 Å². The number of hydrogen-bond acceptors (Lipinski definition) is 4. The molecule has 124 valence electrons. The van der Waals surface area contributed by atoms with Gasteiger partial charge in [0.05, 0.1) is 11.3 Å². The Morgan fingerprint density at radius 3 is 2.75 bits per heavy atom. The van der Waals surface area contributed by atoms with Gasteiger partial charge in [-0.25, -0.2) is 9.18 Å². The van der Waals surface area contributed by atoms with E-state index in [-0.39, 0.29) is 12.6 Å². The van der Waals surface area contributed by atoms with Crippen LogP contribution < -0.4 is 10.4 Å². The van der Waals surface area contributed by atoms with Crippen molar-refractivity contribution in [1.82, 2.24) is 19.6 Å². The van der Waals surface area contributed by atoms with Gasteiger partial charge >= 0.3 is 5.69 Å². The highest BCUT2D eigenvalue weighted by molar-refractivity contribution is 6.30. The molecule has 0 unspecified atom stereocenters. The lowest BCUT2D eigenvalue weighted by atomic mass is 10.0. The first kappa shape index (κ1) is 15.1. The molecular weight excluding hydrogens is 335 g/mol. The molecule has 0 spiro atoms. The standard InChI is InChI=1S/C16H14ClFN4O2/c17-11-5-3-9(4-6-11)12-13(10-1-2-10)21-22-14(12)19-15(20-16(22)23)24-8-7-18/h3-6,10H,1-2,7-8H2,(H,19,20,23). The summed E-state index contributed by atoms with van der Waals surface area (Å²) < 4.78 is 18.7. The number of benzene rings is 1. The maximum Gasteiger partial charge on any atom is 0.352 e. The zero-order chi connectivity index (χ0) is 16.7. The average Bonchev–Trinajstić information content (AvgIpc) is 3.35. The van der Waals surface area contributed by atoms with E-state index in [1.54, 1.807) is 12.1 Å². The molecule has 0 atom stereocenters. The Bertz CT molecular complexity index is 947. The average molecular weight is 349 g/mol. The number of hydrogen-bond donors (Lipinski definition) is 1. The first-order valence-electron chi connectivity index (χ1n) is 7.65. The van der Waals surface area contributed by atoms with Crippen molar-refractivity contribution in [2.75, 3.05) is 13.3 Å². The molecule has 2 aromatic heterocycles.